The number of amidine groups is 2. The van der Waals surface area contributed by atoms with Crippen molar-refractivity contribution < 1.29 is 32.4 Å². The largest absolute Gasteiger partial charge is 0.446 e. The molecule has 14 nitrogen and oxygen atoms in total. The van der Waals surface area contributed by atoms with Gasteiger partial charge in [-0.1, -0.05) is 50.2 Å². The molecule has 2 aromatic heterocycles. The first-order chi connectivity index (χ1) is 36.4. The van der Waals surface area contributed by atoms with Crippen molar-refractivity contribution >= 4 is 57.2 Å². The van der Waals surface area contributed by atoms with Crippen LogP contribution in [0.4, 0.5) is 4.39 Å². The monoisotopic (exact) mass is 1000 g/mol. The van der Waals surface area contributed by atoms with E-state index in [1.165, 1.54) is 6.07 Å². The van der Waals surface area contributed by atoms with Gasteiger partial charge in [-0.15, -0.1) is 0 Å². The van der Waals surface area contributed by atoms with E-state index in [1.807, 2.05) is 58.9 Å². The van der Waals surface area contributed by atoms with Gasteiger partial charge in [0.1, 0.15) is 51.9 Å². The highest BCUT2D eigenvalue weighted by molar-refractivity contribution is 6.17. The summed E-state index contributed by atoms with van der Waals surface area (Å²) >= 11 is 0. The molecular formula is C60H57FN8O6. The van der Waals surface area contributed by atoms with Crippen LogP contribution in [-0.4, -0.2) is 105 Å². The molecule has 1 atom stereocenters. The van der Waals surface area contributed by atoms with E-state index < -0.39 is 16.9 Å². The number of carbonyl (C=O) groups is 4. The quantitative estimate of drug-likeness (QED) is 0.130. The van der Waals surface area contributed by atoms with Crippen LogP contribution in [0.2, 0.25) is 0 Å². The number of amides is 4. The van der Waals surface area contributed by atoms with Crippen molar-refractivity contribution in [2.24, 2.45) is 33.7 Å². The van der Waals surface area contributed by atoms with Gasteiger partial charge in [-0.2, -0.15) is 10.5 Å². The number of aryl methyl sites for hydroxylation is 1. The summed E-state index contributed by atoms with van der Waals surface area (Å²) in [7, 11) is 0. The van der Waals surface area contributed by atoms with E-state index in [1.54, 1.807) is 41.3 Å². The summed E-state index contributed by atoms with van der Waals surface area (Å²) in [6.07, 6.45) is 8.03. The van der Waals surface area contributed by atoms with Crippen molar-refractivity contribution in [3.8, 4) is 34.4 Å². The summed E-state index contributed by atoms with van der Waals surface area (Å²) in [6.45, 7) is 10.0. The summed E-state index contributed by atoms with van der Waals surface area (Å²) in [4.78, 5) is 68.7. The number of aliphatic imine (C=N–C) groups is 2. The lowest BCUT2D eigenvalue weighted by molar-refractivity contribution is -0.140. The fraction of sp³-hybridized carbons (Fsp3) is 0.400. The molecule has 4 aliphatic carbocycles. The van der Waals surface area contributed by atoms with Crippen molar-refractivity contribution in [3.63, 3.8) is 0 Å². The van der Waals surface area contributed by atoms with Crippen LogP contribution >= 0.6 is 0 Å². The maximum absolute atomic E-state index is 15.4. The predicted molar refractivity (Wildman–Crippen MR) is 279 cm³/mol. The molecule has 0 radical (unpaired) electrons. The van der Waals surface area contributed by atoms with Crippen LogP contribution in [0, 0.1) is 59.1 Å². The van der Waals surface area contributed by atoms with Crippen molar-refractivity contribution in [1.82, 2.24) is 19.6 Å². The number of furan rings is 2. The van der Waals surface area contributed by atoms with Crippen molar-refractivity contribution in [1.29, 1.82) is 10.5 Å². The highest BCUT2D eigenvalue weighted by atomic mass is 19.1. The number of carbonyl (C=O) groups excluding carboxylic acids is 4. The SMILES string of the molecule is CC.Cc1cc(C2=NC3(CC3)C(=O)N2C[C@@H]2CCN(C(=O)C3CC3)C2)ccc1-c1ccc2oc(C#N)cc2c1.N#Cc1cc2cc(-c3ccc(C4=NC5(CC5)C(=O)N4CC4CN(C(=O)C5CC5)C4)cc3F)ccc2o1. The molecule has 2 spiro atoms. The highest BCUT2D eigenvalue weighted by Crippen LogP contribution is 2.48. The van der Waals surface area contributed by atoms with Gasteiger partial charge in [0.05, 0.1) is 0 Å². The average molecular weight is 1010 g/mol. The summed E-state index contributed by atoms with van der Waals surface area (Å²) < 4.78 is 26.3. The Labute approximate surface area is 434 Å². The number of halogens is 1. The Kier molecular flexibility index (Phi) is 11.8. The molecule has 0 N–H and O–H groups in total. The van der Waals surface area contributed by atoms with Crippen molar-refractivity contribution in [3.05, 3.63) is 119 Å². The molecule has 75 heavy (non-hydrogen) atoms. The second kappa shape index (κ2) is 18.5. The lowest BCUT2D eigenvalue weighted by Gasteiger charge is -2.41. The Morgan fingerprint density at radius 2 is 1.08 bits per heavy atom. The Morgan fingerprint density at radius 1 is 0.613 bits per heavy atom. The number of fused-ring (bicyclic) bond motifs is 2. The van der Waals surface area contributed by atoms with Gasteiger partial charge < -0.3 is 18.6 Å². The third kappa shape index (κ3) is 8.86. The molecule has 6 heterocycles. The first-order valence-electron chi connectivity index (χ1n) is 26.6. The smallest absolute Gasteiger partial charge is 0.256 e. The van der Waals surface area contributed by atoms with Gasteiger partial charge in [-0.3, -0.25) is 39.0 Å². The fourth-order valence-electron chi connectivity index (χ4n) is 11.3. The maximum atomic E-state index is 15.4. The van der Waals surface area contributed by atoms with E-state index in [-0.39, 0.29) is 47.2 Å². The predicted octanol–water partition coefficient (Wildman–Crippen LogP) is 9.79. The Hall–Kier alpha value is -7.91. The molecule has 2 saturated heterocycles. The summed E-state index contributed by atoms with van der Waals surface area (Å²) in [5.74, 6) is 2.99. The van der Waals surface area contributed by atoms with Crippen LogP contribution in [0.3, 0.4) is 0 Å². The summed E-state index contributed by atoms with van der Waals surface area (Å²) in [6, 6.07) is 29.9. The molecule has 8 aliphatic rings. The average Bonchev–Trinajstić information content (AvgIpc) is 4.33. The van der Waals surface area contributed by atoms with E-state index in [4.69, 9.17) is 29.3 Å². The Bertz CT molecular complexity index is 3520. The van der Waals surface area contributed by atoms with Crippen LogP contribution < -0.4 is 0 Å². The standard InChI is InChI=1S/C30H28N4O3.C28H23FN4O3.C2H6/c1-18-12-22(4-6-25(18)21-5-7-26-23(13-21)14-24(15-31)37-26)27-32-30(9-10-30)29(36)34(27)17-19-8-11-33(16-19)28(35)20-2-3-20;29-23-11-19(3-5-22(23)18-4-6-24-20(9-18)10-21(12-30)36-24)25-31-28(7-8-28)27(35)33(25)15-16-13-32(14-16)26(34)17-1-2-17;1-2/h4-7,12-14,19-20H,2-3,8-11,16-17H2,1H3;3-6,9-11,16-17H,1-2,7-8,13-15H2;1-2H3/t19-;;/m1../s1. The van der Waals surface area contributed by atoms with E-state index in [2.05, 4.69) is 31.2 Å². The van der Waals surface area contributed by atoms with Gasteiger partial charge in [0.2, 0.25) is 23.3 Å². The van der Waals surface area contributed by atoms with E-state index >= 15 is 4.39 Å². The number of hydrogen-bond donors (Lipinski definition) is 0. The van der Waals surface area contributed by atoms with Crippen molar-refractivity contribution in [2.45, 2.75) is 89.6 Å². The van der Waals surface area contributed by atoms with Crippen LogP contribution in [0.15, 0.2) is 104 Å². The third-order valence-electron chi connectivity index (χ3n) is 16.1. The lowest BCUT2D eigenvalue weighted by Crippen LogP contribution is -2.55. The normalized spacial score (nSPS) is 20.9. The van der Waals surface area contributed by atoms with E-state index in [0.29, 0.717) is 71.5 Å². The van der Waals surface area contributed by atoms with Gasteiger partial charge in [0.15, 0.2) is 0 Å². The maximum Gasteiger partial charge on any atom is 0.256 e. The number of rotatable bonds is 10. The zero-order chi connectivity index (χ0) is 51.9. The first kappa shape index (κ1) is 48.1. The second-order valence-corrected chi connectivity index (χ2v) is 21.5. The Morgan fingerprint density at radius 3 is 1.57 bits per heavy atom. The van der Waals surface area contributed by atoms with Crippen LogP contribution in [0.1, 0.15) is 99.8 Å². The van der Waals surface area contributed by atoms with Crippen LogP contribution in [0.5, 0.6) is 0 Å². The number of nitriles is 2. The van der Waals surface area contributed by atoms with Crippen molar-refractivity contribution in [2.75, 3.05) is 39.3 Å². The molecule has 0 bridgehead atoms. The lowest BCUT2D eigenvalue weighted by atomic mass is 9.97. The topological polar surface area (TPSA) is 180 Å². The summed E-state index contributed by atoms with van der Waals surface area (Å²) in [5.41, 5.74) is 5.90. The Balaban J connectivity index is 0.000000147. The third-order valence-corrected chi connectivity index (χ3v) is 16.1. The molecular weight excluding hydrogens is 948 g/mol. The molecule has 4 aliphatic heterocycles. The first-order valence-corrected chi connectivity index (χ1v) is 26.6. The zero-order valence-corrected chi connectivity index (χ0v) is 42.4. The minimum atomic E-state index is -0.678. The fourth-order valence-corrected chi connectivity index (χ4v) is 11.3. The highest BCUT2D eigenvalue weighted by Gasteiger charge is 2.59. The molecule has 14 rings (SSSR count). The van der Waals surface area contributed by atoms with E-state index in [9.17, 15) is 19.2 Å². The number of nitrogens with zero attached hydrogens (tertiary/aromatic N) is 8. The molecule has 15 heteroatoms. The molecule has 0 unspecified atom stereocenters. The minimum absolute atomic E-state index is 0.00680. The van der Waals surface area contributed by atoms with Gasteiger partial charge in [0, 0.05) is 96.6 Å². The van der Waals surface area contributed by atoms with E-state index in [0.717, 1.165) is 110 Å². The molecule has 4 saturated carbocycles. The number of benzene rings is 4. The zero-order valence-electron chi connectivity index (χ0n) is 42.4. The molecule has 4 amide bonds. The molecule has 380 valence electrons. The number of hydrogen-bond acceptors (Lipinski definition) is 10. The molecule has 6 fully saturated rings. The summed E-state index contributed by atoms with van der Waals surface area (Å²) in [5, 5.41) is 19.8. The van der Waals surface area contributed by atoms with Gasteiger partial charge in [-0.25, -0.2) is 4.39 Å². The van der Waals surface area contributed by atoms with Gasteiger partial charge in [-0.05, 0) is 129 Å². The minimum Gasteiger partial charge on any atom is -0.446 e. The van der Waals surface area contributed by atoms with Crippen LogP contribution in [0.25, 0.3) is 44.2 Å². The van der Waals surface area contributed by atoms with Gasteiger partial charge in [0.25, 0.3) is 11.8 Å². The van der Waals surface area contributed by atoms with Crippen LogP contribution in [-0.2, 0) is 19.2 Å². The molecule has 4 aromatic carbocycles. The molecule has 6 aromatic rings. The van der Waals surface area contributed by atoms with Gasteiger partial charge >= 0.3 is 0 Å². The number of likely N-dealkylation sites (tertiary alicyclic amines) is 2. The second-order valence-electron chi connectivity index (χ2n) is 21.5.